The van der Waals surface area contributed by atoms with Crippen molar-refractivity contribution >= 4 is 5.91 Å². The Balaban J connectivity index is 3.61. The first-order chi connectivity index (χ1) is 5.26. The lowest BCUT2D eigenvalue weighted by Crippen LogP contribution is -2.45. The van der Waals surface area contributed by atoms with Crippen LogP contribution in [0, 0.1) is 0 Å². The Hall–Kier alpha value is -0.650. The number of hydrogen-bond donors (Lipinski definition) is 4. The standard InChI is InChI=1S/C6H14N2O3/c1-7-5(4-10)6(11)8-2-3-9/h5,7,9-10H,2-4H2,1H3,(H,8,11)/t5-/m0/s1. The van der Waals surface area contributed by atoms with Gasteiger partial charge in [-0.15, -0.1) is 0 Å². The zero-order valence-electron chi connectivity index (χ0n) is 6.50. The van der Waals surface area contributed by atoms with E-state index >= 15 is 0 Å². The van der Waals surface area contributed by atoms with Crippen LogP contribution in [0.25, 0.3) is 0 Å². The molecule has 0 saturated carbocycles. The SMILES string of the molecule is CN[C@@H](CO)C(=O)NCCO. The average Bonchev–Trinajstić information content (AvgIpc) is 2.03. The van der Waals surface area contributed by atoms with Gasteiger partial charge < -0.3 is 20.8 Å². The third kappa shape index (κ3) is 3.92. The van der Waals surface area contributed by atoms with Crippen LogP contribution in [0.4, 0.5) is 0 Å². The molecule has 0 aromatic heterocycles. The minimum atomic E-state index is -0.582. The summed E-state index contributed by atoms with van der Waals surface area (Å²) >= 11 is 0. The normalized spacial score (nSPS) is 12.6. The Kier molecular flexibility index (Phi) is 5.73. The first kappa shape index (κ1) is 10.3. The number of aliphatic hydroxyl groups excluding tert-OH is 2. The van der Waals surface area contributed by atoms with Crippen LogP contribution in [0.15, 0.2) is 0 Å². The molecule has 11 heavy (non-hydrogen) atoms. The van der Waals surface area contributed by atoms with Crippen LogP contribution in [-0.4, -0.2) is 49.0 Å². The predicted molar refractivity (Wildman–Crippen MR) is 40.0 cm³/mol. The second-order valence-corrected chi connectivity index (χ2v) is 2.04. The van der Waals surface area contributed by atoms with E-state index in [0.717, 1.165) is 0 Å². The molecule has 0 aromatic rings. The summed E-state index contributed by atoms with van der Waals surface area (Å²) in [5.74, 6) is -0.302. The van der Waals surface area contributed by atoms with Gasteiger partial charge in [0.15, 0.2) is 0 Å². The highest BCUT2D eigenvalue weighted by molar-refractivity contribution is 5.81. The number of rotatable bonds is 5. The molecule has 5 heteroatoms. The van der Waals surface area contributed by atoms with Crippen molar-refractivity contribution in [3.05, 3.63) is 0 Å². The van der Waals surface area contributed by atoms with E-state index in [-0.39, 0.29) is 25.7 Å². The molecule has 0 fully saturated rings. The maximum absolute atomic E-state index is 10.9. The Bertz CT molecular complexity index is 114. The highest BCUT2D eigenvalue weighted by Gasteiger charge is 2.13. The van der Waals surface area contributed by atoms with Crippen LogP contribution >= 0.6 is 0 Å². The Morgan fingerprint density at radius 2 is 2.18 bits per heavy atom. The van der Waals surface area contributed by atoms with Crippen molar-refractivity contribution in [3.8, 4) is 0 Å². The molecule has 0 heterocycles. The van der Waals surface area contributed by atoms with Crippen molar-refractivity contribution in [2.45, 2.75) is 6.04 Å². The molecule has 0 saturated heterocycles. The fourth-order valence-electron chi connectivity index (χ4n) is 0.608. The topological polar surface area (TPSA) is 81.6 Å². The summed E-state index contributed by atoms with van der Waals surface area (Å²) in [7, 11) is 1.58. The van der Waals surface area contributed by atoms with E-state index in [1.165, 1.54) is 0 Å². The van der Waals surface area contributed by atoms with Gasteiger partial charge in [-0.25, -0.2) is 0 Å². The molecular formula is C6H14N2O3. The molecule has 4 N–H and O–H groups in total. The van der Waals surface area contributed by atoms with Gasteiger partial charge in [0.2, 0.25) is 5.91 Å². The van der Waals surface area contributed by atoms with E-state index in [4.69, 9.17) is 10.2 Å². The highest BCUT2D eigenvalue weighted by Crippen LogP contribution is 1.79. The minimum absolute atomic E-state index is 0.0897. The van der Waals surface area contributed by atoms with Crippen molar-refractivity contribution in [2.24, 2.45) is 0 Å². The maximum Gasteiger partial charge on any atom is 0.239 e. The van der Waals surface area contributed by atoms with E-state index < -0.39 is 6.04 Å². The second-order valence-electron chi connectivity index (χ2n) is 2.04. The fraction of sp³-hybridized carbons (Fsp3) is 0.833. The molecule has 0 aromatic carbocycles. The van der Waals surface area contributed by atoms with E-state index in [9.17, 15) is 4.79 Å². The largest absolute Gasteiger partial charge is 0.395 e. The molecule has 66 valence electrons. The van der Waals surface area contributed by atoms with E-state index in [0.29, 0.717) is 0 Å². The highest BCUT2D eigenvalue weighted by atomic mass is 16.3. The summed E-state index contributed by atoms with van der Waals surface area (Å²) in [6.45, 7) is -0.113. The van der Waals surface area contributed by atoms with Gasteiger partial charge in [0.1, 0.15) is 6.04 Å². The van der Waals surface area contributed by atoms with Gasteiger partial charge in [-0.1, -0.05) is 0 Å². The molecular weight excluding hydrogens is 148 g/mol. The van der Waals surface area contributed by atoms with Crippen LogP contribution in [-0.2, 0) is 4.79 Å². The number of nitrogens with one attached hydrogen (secondary N) is 2. The molecule has 5 nitrogen and oxygen atoms in total. The number of carbonyl (C=O) groups is 1. The third-order valence-corrected chi connectivity index (χ3v) is 1.26. The van der Waals surface area contributed by atoms with Gasteiger partial charge in [-0.05, 0) is 7.05 Å². The molecule has 0 aliphatic carbocycles. The Labute approximate surface area is 65.4 Å². The summed E-state index contributed by atoms with van der Waals surface area (Å²) in [5, 5.41) is 22.0. The second kappa shape index (κ2) is 6.09. The third-order valence-electron chi connectivity index (χ3n) is 1.26. The fourth-order valence-corrected chi connectivity index (χ4v) is 0.608. The summed E-state index contributed by atoms with van der Waals surface area (Å²) in [5.41, 5.74) is 0. The predicted octanol–water partition coefficient (Wildman–Crippen LogP) is -2.32. The van der Waals surface area contributed by atoms with E-state index in [1.807, 2.05) is 0 Å². The molecule has 0 radical (unpaired) electrons. The Morgan fingerprint density at radius 1 is 1.55 bits per heavy atom. The molecule has 0 rings (SSSR count). The Morgan fingerprint density at radius 3 is 2.55 bits per heavy atom. The zero-order chi connectivity index (χ0) is 8.69. The van der Waals surface area contributed by atoms with Crippen molar-refractivity contribution in [1.82, 2.24) is 10.6 Å². The molecule has 0 bridgehead atoms. The molecule has 0 aliphatic rings. The number of hydrogen-bond acceptors (Lipinski definition) is 4. The van der Waals surface area contributed by atoms with E-state index in [1.54, 1.807) is 7.05 Å². The summed E-state index contributed by atoms with van der Waals surface area (Å²) in [6.07, 6.45) is 0. The molecule has 0 aliphatic heterocycles. The van der Waals surface area contributed by atoms with Crippen LogP contribution in [0.2, 0.25) is 0 Å². The molecule has 0 unspecified atom stereocenters. The van der Waals surface area contributed by atoms with Crippen LogP contribution in [0.3, 0.4) is 0 Å². The molecule has 0 spiro atoms. The zero-order valence-corrected chi connectivity index (χ0v) is 6.50. The first-order valence-corrected chi connectivity index (χ1v) is 3.43. The lowest BCUT2D eigenvalue weighted by Gasteiger charge is -2.11. The maximum atomic E-state index is 10.9. The van der Waals surface area contributed by atoms with Gasteiger partial charge in [0.05, 0.1) is 13.2 Å². The van der Waals surface area contributed by atoms with Crippen molar-refractivity contribution in [3.63, 3.8) is 0 Å². The average molecular weight is 162 g/mol. The van der Waals surface area contributed by atoms with Gasteiger partial charge >= 0.3 is 0 Å². The first-order valence-electron chi connectivity index (χ1n) is 3.43. The van der Waals surface area contributed by atoms with Gasteiger partial charge in [-0.2, -0.15) is 0 Å². The quantitative estimate of drug-likeness (QED) is 0.365. The summed E-state index contributed by atoms with van der Waals surface area (Å²) in [4.78, 5) is 10.9. The number of aliphatic hydroxyl groups is 2. The number of carbonyl (C=O) groups excluding carboxylic acids is 1. The monoisotopic (exact) mass is 162 g/mol. The van der Waals surface area contributed by atoms with Gasteiger partial charge in [0, 0.05) is 6.54 Å². The molecule has 1 atom stereocenters. The smallest absolute Gasteiger partial charge is 0.239 e. The summed E-state index contributed by atoms with van der Waals surface area (Å²) < 4.78 is 0. The van der Waals surface area contributed by atoms with Crippen molar-refractivity contribution in [2.75, 3.05) is 26.8 Å². The number of amides is 1. The number of likely N-dealkylation sites (N-methyl/N-ethyl adjacent to an activating group) is 1. The molecule has 1 amide bonds. The van der Waals surface area contributed by atoms with Crippen LogP contribution in [0.5, 0.6) is 0 Å². The van der Waals surface area contributed by atoms with Crippen LogP contribution < -0.4 is 10.6 Å². The van der Waals surface area contributed by atoms with Gasteiger partial charge in [-0.3, -0.25) is 4.79 Å². The van der Waals surface area contributed by atoms with Crippen molar-refractivity contribution in [1.29, 1.82) is 0 Å². The minimum Gasteiger partial charge on any atom is -0.395 e. The van der Waals surface area contributed by atoms with Gasteiger partial charge in [0.25, 0.3) is 0 Å². The van der Waals surface area contributed by atoms with Crippen LogP contribution in [0.1, 0.15) is 0 Å². The lowest BCUT2D eigenvalue weighted by molar-refractivity contribution is -0.124. The lowest BCUT2D eigenvalue weighted by atomic mass is 10.3. The van der Waals surface area contributed by atoms with Crippen molar-refractivity contribution < 1.29 is 15.0 Å². The summed E-state index contributed by atoms with van der Waals surface area (Å²) in [6, 6.07) is -0.582. The van der Waals surface area contributed by atoms with E-state index in [2.05, 4.69) is 10.6 Å².